The van der Waals surface area contributed by atoms with E-state index in [4.69, 9.17) is 5.73 Å². The number of hydrogen-bond donors (Lipinski definition) is 2. The van der Waals surface area contributed by atoms with E-state index < -0.39 is 0 Å². The zero-order valence-electron chi connectivity index (χ0n) is 10.2. The van der Waals surface area contributed by atoms with Crippen LogP contribution in [0.1, 0.15) is 13.3 Å². The van der Waals surface area contributed by atoms with Crippen LogP contribution in [0.3, 0.4) is 0 Å². The molecule has 3 heterocycles. The molecule has 3 N–H and O–H groups in total. The van der Waals surface area contributed by atoms with Gasteiger partial charge in [-0.25, -0.2) is 4.98 Å². The van der Waals surface area contributed by atoms with Crippen LogP contribution in [0.4, 0.5) is 11.8 Å². The third-order valence-electron chi connectivity index (χ3n) is 3.66. The van der Waals surface area contributed by atoms with E-state index in [2.05, 4.69) is 21.8 Å². The van der Waals surface area contributed by atoms with Gasteiger partial charge in [0, 0.05) is 6.54 Å². The molecule has 96 valence electrons. The summed E-state index contributed by atoms with van der Waals surface area (Å²) in [6, 6.07) is 2.15. The molecule has 2 unspecified atom stereocenters. The fourth-order valence-corrected chi connectivity index (χ4v) is 3.39. The van der Waals surface area contributed by atoms with E-state index in [9.17, 15) is 5.11 Å². The fraction of sp³-hybridized carbons (Fsp3) is 0.500. The van der Waals surface area contributed by atoms with E-state index in [1.54, 1.807) is 11.3 Å². The SMILES string of the molecule is CC1CCN(c2nc(N)nc3sccc23)C1CO. The topological polar surface area (TPSA) is 75.3 Å². The van der Waals surface area contributed by atoms with Crippen LogP contribution < -0.4 is 10.6 Å². The highest BCUT2D eigenvalue weighted by molar-refractivity contribution is 7.16. The fourth-order valence-electron chi connectivity index (χ4n) is 2.62. The third kappa shape index (κ3) is 1.72. The van der Waals surface area contributed by atoms with Crippen LogP contribution in [-0.4, -0.2) is 34.3 Å². The van der Waals surface area contributed by atoms with Crippen LogP contribution in [0.25, 0.3) is 10.2 Å². The van der Waals surface area contributed by atoms with Crippen molar-refractivity contribution in [3.63, 3.8) is 0 Å². The normalized spacial score (nSPS) is 24.0. The maximum Gasteiger partial charge on any atom is 0.223 e. The molecular weight excluding hydrogens is 248 g/mol. The van der Waals surface area contributed by atoms with Crippen molar-refractivity contribution in [1.29, 1.82) is 0 Å². The molecule has 1 aliphatic heterocycles. The van der Waals surface area contributed by atoms with Crippen LogP contribution in [0, 0.1) is 5.92 Å². The maximum atomic E-state index is 9.55. The minimum Gasteiger partial charge on any atom is -0.394 e. The molecule has 1 fully saturated rings. The Morgan fingerprint density at radius 1 is 1.56 bits per heavy atom. The molecule has 1 aliphatic rings. The quantitative estimate of drug-likeness (QED) is 0.859. The summed E-state index contributed by atoms with van der Waals surface area (Å²) < 4.78 is 0. The second kappa shape index (κ2) is 4.37. The molecule has 0 spiro atoms. The predicted octanol–water partition coefficient (Wildman–Crippen LogP) is 1.48. The van der Waals surface area contributed by atoms with Crippen LogP contribution in [0.15, 0.2) is 11.4 Å². The Balaban J connectivity index is 2.11. The van der Waals surface area contributed by atoms with E-state index in [1.807, 2.05) is 11.4 Å². The summed E-state index contributed by atoms with van der Waals surface area (Å²) in [4.78, 5) is 11.7. The Labute approximate surface area is 109 Å². The highest BCUT2D eigenvalue weighted by Crippen LogP contribution is 2.34. The van der Waals surface area contributed by atoms with E-state index in [-0.39, 0.29) is 12.6 Å². The summed E-state index contributed by atoms with van der Waals surface area (Å²) in [6.07, 6.45) is 1.07. The number of nitrogens with two attached hydrogens (primary N) is 1. The summed E-state index contributed by atoms with van der Waals surface area (Å²) in [5.41, 5.74) is 5.77. The highest BCUT2D eigenvalue weighted by Gasteiger charge is 2.32. The number of anilines is 2. The molecule has 1 saturated heterocycles. The van der Waals surface area contributed by atoms with Gasteiger partial charge in [-0.3, -0.25) is 0 Å². The molecule has 0 bridgehead atoms. The third-order valence-corrected chi connectivity index (χ3v) is 4.47. The number of fused-ring (bicyclic) bond motifs is 1. The molecule has 5 nitrogen and oxygen atoms in total. The molecular formula is C12H16N4OS. The zero-order valence-corrected chi connectivity index (χ0v) is 11.0. The molecule has 3 rings (SSSR count). The molecule has 0 radical (unpaired) electrons. The largest absolute Gasteiger partial charge is 0.394 e. The smallest absolute Gasteiger partial charge is 0.223 e. The van der Waals surface area contributed by atoms with Gasteiger partial charge in [0.15, 0.2) is 0 Å². The summed E-state index contributed by atoms with van der Waals surface area (Å²) in [5, 5.41) is 12.6. The van der Waals surface area contributed by atoms with Gasteiger partial charge in [0.05, 0.1) is 18.0 Å². The van der Waals surface area contributed by atoms with Crippen molar-refractivity contribution in [2.24, 2.45) is 5.92 Å². The number of rotatable bonds is 2. The lowest BCUT2D eigenvalue weighted by Gasteiger charge is -2.26. The van der Waals surface area contributed by atoms with Gasteiger partial charge in [-0.05, 0) is 23.8 Å². The van der Waals surface area contributed by atoms with Gasteiger partial charge in [0.2, 0.25) is 5.95 Å². The van der Waals surface area contributed by atoms with Crippen LogP contribution >= 0.6 is 11.3 Å². The summed E-state index contributed by atoms with van der Waals surface area (Å²) in [6.45, 7) is 3.22. The molecule has 18 heavy (non-hydrogen) atoms. The van der Waals surface area contributed by atoms with Gasteiger partial charge in [-0.1, -0.05) is 6.92 Å². The maximum absolute atomic E-state index is 9.55. The van der Waals surface area contributed by atoms with Crippen molar-refractivity contribution < 1.29 is 5.11 Å². The van der Waals surface area contributed by atoms with Crippen molar-refractivity contribution >= 4 is 33.3 Å². The molecule has 0 aliphatic carbocycles. The standard InChI is InChI=1S/C12H16N4OS/c1-7-2-4-16(9(7)6-17)10-8-3-5-18-11(8)15-12(13)14-10/h3,5,7,9,17H,2,4,6H2,1H3,(H2,13,14,15). The first-order chi connectivity index (χ1) is 8.70. The Bertz CT molecular complexity index is 570. The van der Waals surface area contributed by atoms with Crippen molar-refractivity contribution in [1.82, 2.24) is 9.97 Å². The van der Waals surface area contributed by atoms with Gasteiger partial charge in [0.25, 0.3) is 0 Å². The molecule has 2 aromatic rings. The monoisotopic (exact) mass is 264 g/mol. The number of aliphatic hydroxyl groups excluding tert-OH is 1. The Kier molecular flexibility index (Phi) is 2.83. The van der Waals surface area contributed by atoms with Gasteiger partial charge in [-0.15, -0.1) is 11.3 Å². The number of hydrogen-bond acceptors (Lipinski definition) is 6. The number of thiophene rings is 1. The van der Waals surface area contributed by atoms with Gasteiger partial charge >= 0.3 is 0 Å². The number of aromatic nitrogens is 2. The molecule has 0 saturated carbocycles. The lowest BCUT2D eigenvalue weighted by Crippen LogP contribution is -2.36. The van der Waals surface area contributed by atoms with E-state index in [0.717, 1.165) is 29.0 Å². The van der Waals surface area contributed by atoms with Crippen molar-refractivity contribution in [2.75, 3.05) is 23.8 Å². The van der Waals surface area contributed by atoms with Crippen LogP contribution in [0.2, 0.25) is 0 Å². The van der Waals surface area contributed by atoms with Crippen molar-refractivity contribution in [3.05, 3.63) is 11.4 Å². The van der Waals surface area contributed by atoms with Gasteiger partial charge in [-0.2, -0.15) is 4.98 Å². The highest BCUT2D eigenvalue weighted by atomic mass is 32.1. The summed E-state index contributed by atoms with van der Waals surface area (Å²) in [7, 11) is 0. The summed E-state index contributed by atoms with van der Waals surface area (Å²) >= 11 is 1.56. The first kappa shape index (κ1) is 11.7. The Morgan fingerprint density at radius 2 is 2.39 bits per heavy atom. The minimum atomic E-state index is 0.127. The molecule has 0 amide bonds. The second-order valence-corrected chi connectivity index (χ2v) is 5.65. The Morgan fingerprint density at radius 3 is 3.17 bits per heavy atom. The van der Waals surface area contributed by atoms with Crippen molar-refractivity contribution in [3.8, 4) is 0 Å². The van der Waals surface area contributed by atoms with E-state index in [1.165, 1.54) is 0 Å². The number of nitrogens with zero attached hydrogens (tertiary/aromatic N) is 3. The lowest BCUT2D eigenvalue weighted by molar-refractivity contribution is 0.244. The average Bonchev–Trinajstić information content (AvgIpc) is 2.93. The number of nitrogen functional groups attached to an aromatic ring is 1. The van der Waals surface area contributed by atoms with Gasteiger partial charge < -0.3 is 15.7 Å². The number of aliphatic hydroxyl groups is 1. The molecule has 0 aromatic carbocycles. The second-order valence-electron chi connectivity index (χ2n) is 4.75. The van der Waals surface area contributed by atoms with Gasteiger partial charge in [0.1, 0.15) is 10.6 Å². The van der Waals surface area contributed by atoms with E-state index >= 15 is 0 Å². The lowest BCUT2D eigenvalue weighted by atomic mass is 10.0. The summed E-state index contributed by atoms with van der Waals surface area (Å²) in [5.74, 6) is 1.64. The van der Waals surface area contributed by atoms with Crippen LogP contribution in [0.5, 0.6) is 0 Å². The molecule has 2 atom stereocenters. The first-order valence-electron chi connectivity index (χ1n) is 6.09. The predicted molar refractivity (Wildman–Crippen MR) is 73.8 cm³/mol. The van der Waals surface area contributed by atoms with Crippen LogP contribution in [-0.2, 0) is 0 Å². The minimum absolute atomic E-state index is 0.127. The van der Waals surface area contributed by atoms with Crippen molar-refractivity contribution in [2.45, 2.75) is 19.4 Å². The molecule has 6 heteroatoms. The zero-order chi connectivity index (χ0) is 12.7. The average molecular weight is 264 g/mol. The first-order valence-corrected chi connectivity index (χ1v) is 6.97. The molecule has 2 aromatic heterocycles. The Hall–Kier alpha value is -1.40. The van der Waals surface area contributed by atoms with E-state index in [0.29, 0.717) is 11.9 Å².